The van der Waals surface area contributed by atoms with E-state index in [1.54, 1.807) is 0 Å². The Morgan fingerprint density at radius 1 is 1.28 bits per heavy atom. The van der Waals surface area contributed by atoms with Crippen LogP contribution in [0.2, 0.25) is 0 Å². The number of ether oxygens (including phenoxy) is 2. The highest BCUT2D eigenvalue weighted by atomic mass is 32.1. The van der Waals surface area contributed by atoms with E-state index in [1.807, 2.05) is 11.3 Å². The van der Waals surface area contributed by atoms with Crippen LogP contribution < -0.4 is 5.32 Å². The second-order valence-corrected chi connectivity index (χ2v) is 6.43. The van der Waals surface area contributed by atoms with Crippen molar-refractivity contribution >= 4 is 11.3 Å². The van der Waals surface area contributed by atoms with E-state index in [9.17, 15) is 0 Å². The van der Waals surface area contributed by atoms with Gasteiger partial charge in [0.1, 0.15) is 0 Å². The highest BCUT2D eigenvalue weighted by molar-refractivity contribution is 7.11. The number of rotatable bonds is 7. The van der Waals surface area contributed by atoms with Crippen LogP contribution in [0.4, 0.5) is 0 Å². The second kappa shape index (κ2) is 6.15. The molecule has 3 rings (SSSR count). The van der Waals surface area contributed by atoms with Gasteiger partial charge in [-0.15, -0.1) is 11.3 Å². The first-order valence-corrected chi connectivity index (χ1v) is 7.72. The molecule has 0 amide bonds. The third kappa shape index (κ3) is 3.79. The Balaban J connectivity index is 1.36. The first-order valence-electron chi connectivity index (χ1n) is 6.90. The summed E-state index contributed by atoms with van der Waals surface area (Å²) in [7, 11) is 0. The number of hydrogen-bond donors (Lipinski definition) is 1. The highest BCUT2D eigenvalue weighted by Gasteiger charge is 2.20. The van der Waals surface area contributed by atoms with E-state index in [1.165, 1.54) is 29.0 Å². The maximum Gasteiger partial charge on any atom is 0.0810 e. The molecular weight excluding hydrogens is 246 g/mol. The Hall–Kier alpha value is -0.420. The minimum Gasteiger partial charge on any atom is -0.376 e. The lowest BCUT2D eigenvalue weighted by Gasteiger charge is -2.08. The van der Waals surface area contributed by atoms with E-state index in [-0.39, 0.29) is 0 Å². The van der Waals surface area contributed by atoms with Crippen molar-refractivity contribution in [1.29, 1.82) is 0 Å². The normalized spacial score (nSPS) is 23.7. The van der Waals surface area contributed by atoms with Crippen LogP contribution in [0.15, 0.2) is 12.1 Å². The summed E-state index contributed by atoms with van der Waals surface area (Å²) in [5.41, 5.74) is 0. The monoisotopic (exact) mass is 267 g/mol. The molecule has 1 aromatic rings. The van der Waals surface area contributed by atoms with Crippen LogP contribution in [0.5, 0.6) is 0 Å². The molecule has 3 nitrogen and oxygen atoms in total. The van der Waals surface area contributed by atoms with Gasteiger partial charge in [0.25, 0.3) is 0 Å². The SMILES string of the molecule is c1cc(COCC2CCCO2)sc1CNC1CC1. The summed E-state index contributed by atoms with van der Waals surface area (Å²) in [6, 6.07) is 5.18. The Labute approximate surface area is 112 Å². The molecule has 1 unspecified atom stereocenters. The van der Waals surface area contributed by atoms with E-state index in [0.717, 1.165) is 38.8 Å². The molecule has 0 spiro atoms. The summed E-state index contributed by atoms with van der Waals surface area (Å²) in [6.45, 7) is 3.40. The second-order valence-electron chi connectivity index (χ2n) is 5.17. The fourth-order valence-electron chi connectivity index (χ4n) is 2.19. The standard InChI is InChI=1S/C14H21NO2S/c1-2-12(17-7-1)9-16-10-14-6-5-13(18-14)8-15-11-3-4-11/h5-6,11-12,15H,1-4,7-10H2. The minimum atomic E-state index is 0.334. The van der Waals surface area contributed by atoms with E-state index in [0.29, 0.717) is 6.10 Å². The lowest BCUT2D eigenvalue weighted by Crippen LogP contribution is -2.14. The lowest BCUT2D eigenvalue weighted by molar-refractivity contribution is 0.0114. The van der Waals surface area contributed by atoms with Crippen molar-refractivity contribution in [2.45, 2.75) is 51.0 Å². The quantitative estimate of drug-likeness (QED) is 0.824. The van der Waals surface area contributed by atoms with Crippen molar-refractivity contribution in [3.05, 3.63) is 21.9 Å². The van der Waals surface area contributed by atoms with Gasteiger partial charge in [0.15, 0.2) is 0 Å². The van der Waals surface area contributed by atoms with Crippen molar-refractivity contribution in [1.82, 2.24) is 5.32 Å². The molecule has 0 radical (unpaired) electrons. The maximum absolute atomic E-state index is 5.72. The summed E-state index contributed by atoms with van der Waals surface area (Å²) < 4.78 is 11.3. The van der Waals surface area contributed by atoms with Gasteiger partial charge >= 0.3 is 0 Å². The summed E-state index contributed by atoms with van der Waals surface area (Å²) in [5, 5.41) is 3.54. The Bertz CT molecular complexity index is 370. The molecule has 18 heavy (non-hydrogen) atoms. The van der Waals surface area contributed by atoms with E-state index in [2.05, 4.69) is 17.4 Å². The molecule has 0 bridgehead atoms. The molecule has 1 aromatic heterocycles. The van der Waals surface area contributed by atoms with E-state index in [4.69, 9.17) is 9.47 Å². The molecule has 2 fully saturated rings. The number of thiophene rings is 1. The van der Waals surface area contributed by atoms with Gasteiger partial charge in [-0.05, 0) is 37.8 Å². The molecule has 1 aliphatic carbocycles. The van der Waals surface area contributed by atoms with Gasteiger partial charge in [0.2, 0.25) is 0 Å². The van der Waals surface area contributed by atoms with Gasteiger partial charge < -0.3 is 14.8 Å². The zero-order valence-electron chi connectivity index (χ0n) is 10.7. The van der Waals surface area contributed by atoms with Gasteiger partial charge in [-0.3, -0.25) is 0 Å². The molecule has 1 N–H and O–H groups in total. The summed E-state index contributed by atoms with van der Waals surface area (Å²) in [4.78, 5) is 2.73. The maximum atomic E-state index is 5.72. The zero-order chi connectivity index (χ0) is 12.2. The van der Waals surface area contributed by atoms with Crippen molar-refractivity contribution in [2.24, 2.45) is 0 Å². The molecule has 100 valence electrons. The van der Waals surface area contributed by atoms with Gasteiger partial charge in [0.05, 0.1) is 19.3 Å². The van der Waals surface area contributed by atoms with Crippen LogP contribution in [0.25, 0.3) is 0 Å². The molecular formula is C14H21NO2S. The van der Waals surface area contributed by atoms with Crippen molar-refractivity contribution in [3.8, 4) is 0 Å². The fraction of sp³-hybridized carbons (Fsp3) is 0.714. The average Bonchev–Trinajstić information content (AvgIpc) is 2.89. The lowest BCUT2D eigenvalue weighted by atomic mass is 10.2. The molecule has 0 aromatic carbocycles. The zero-order valence-corrected chi connectivity index (χ0v) is 11.5. The van der Waals surface area contributed by atoms with Crippen LogP contribution >= 0.6 is 11.3 Å². The highest BCUT2D eigenvalue weighted by Crippen LogP contribution is 2.22. The predicted octanol–water partition coefficient (Wildman–Crippen LogP) is 2.70. The average molecular weight is 267 g/mol. The minimum absolute atomic E-state index is 0.334. The Morgan fingerprint density at radius 3 is 2.94 bits per heavy atom. The number of nitrogens with one attached hydrogen (secondary N) is 1. The summed E-state index contributed by atoms with van der Waals surface area (Å²) in [5.74, 6) is 0. The van der Waals surface area contributed by atoms with Crippen LogP contribution in [-0.4, -0.2) is 25.4 Å². The predicted molar refractivity (Wildman–Crippen MR) is 72.8 cm³/mol. The van der Waals surface area contributed by atoms with Crippen LogP contribution in [0.3, 0.4) is 0 Å². The third-order valence-corrected chi connectivity index (χ3v) is 4.49. The fourth-order valence-corrected chi connectivity index (χ4v) is 3.10. The molecule has 2 heterocycles. The van der Waals surface area contributed by atoms with Crippen LogP contribution in [0, 0.1) is 0 Å². The largest absolute Gasteiger partial charge is 0.376 e. The van der Waals surface area contributed by atoms with Gasteiger partial charge in [-0.1, -0.05) is 0 Å². The van der Waals surface area contributed by atoms with Gasteiger partial charge in [-0.2, -0.15) is 0 Å². The smallest absolute Gasteiger partial charge is 0.0810 e. The van der Waals surface area contributed by atoms with Crippen LogP contribution in [-0.2, 0) is 22.6 Å². The first kappa shape index (κ1) is 12.6. The van der Waals surface area contributed by atoms with Gasteiger partial charge in [0, 0.05) is 28.9 Å². The van der Waals surface area contributed by atoms with E-state index < -0.39 is 0 Å². The van der Waals surface area contributed by atoms with Crippen molar-refractivity contribution in [2.75, 3.05) is 13.2 Å². The summed E-state index contributed by atoms with van der Waals surface area (Å²) in [6.07, 6.45) is 5.37. The Kier molecular flexibility index (Phi) is 4.31. The number of hydrogen-bond acceptors (Lipinski definition) is 4. The molecule has 1 saturated heterocycles. The van der Waals surface area contributed by atoms with Crippen LogP contribution in [0.1, 0.15) is 35.4 Å². The third-order valence-electron chi connectivity index (χ3n) is 3.43. The van der Waals surface area contributed by atoms with Crippen molar-refractivity contribution in [3.63, 3.8) is 0 Å². The first-order chi connectivity index (χ1) is 8.90. The molecule has 1 atom stereocenters. The van der Waals surface area contributed by atoms with Crippen molar-refractivity contribution < 1.29 is 9.47 Å². The molecule has 1 aliphatic heterocycles. The van der Waals surface area contributed by atoms with Gasteiger partial charge in [-0.25, -0.2) is 0 Å². The Morgan fingerprint density at radius 2 is 2.17 bits per heavy atom. The summed E-state index contributed by atoms with van der Waals surface area (Å²) >= 11 is 1.86. The molecule has 1 saturated carbocycles. The molecule has 4 heteroatoms. The topological polar surface area (TPSA) is 30.5 Å². The molecule has 2 aliphatic rings. The van der Waals surface area contributed by atoms with E-state index >= 15 is 0 Å².